The molecular weight excluding hydrogens is 322 g/mol. The number of aromatic nitrogens is 1. The summed E-state index contributed by atoms with van der Waals surface area (Å²) in [4.78, 5) is 26.5. The summed E-state index contributed by atoms with van der Waals surface area (Å²) in [5, 5.41) is 10.0. The summed E-state index contributed by atoms with van der Waals surface area (Å²) in [5.74, 6) is 0.0782. The molecule has 0 atom stereocenters. The standard InChI is InChI=1S/C18H17N3O2S/c19-9-15-13-7-3-4-8-14(13)18(21-17(15)23)24-10-11-5-1-2-6-12(11)16(20)22/h1-2,5-6H,3-4,7-8,10H2,(H2,20,22)(H,21,23). The molecule has 24 heavy (non-hydrogen) atoms. The first-order chi connectivity index (χ1) is 11.6. The number of H-pyrrole nitrogens is 1. The second-order valence-corrected chi connectivity index (χ2v) is 6.73. The number of amides is 1. The van der Waals surface area contributed by atoms with E-state index in [2.05, 4.69) is 4.98 Å². The van der Waals surface area contributed by atoms with Crippen LogP contribution in [0.3, 0.4) is 0 Å². The van der Waals surface area contributed by atoms with Crippen molar-refractivity contribution in [1.29, 1.82) is 5.26 Å². The Morgan fingerprint density at radius 3 is 2.67 bits per heavy atom. The molecular formula is C18H17N3O2S. The fraction of sp³-hybridized carbons (Fsp3) is 0.278. The molecule has 0 aliphatic heterocycles. The van der Waals surface area contributed by atoms with E-state index < -0.39 is 5.91 Å². The number of benzene rings is 1. The summed E-state index contributed by atoms with van der Waals surface area (Å²) in [6.45, 7) is 0. The normalized spacial score (nSPS) is 13.1. The zero-order chi connectivity index (χ0) is 17.1. The molecule has 1 amide bonds. The largest absolute Gasteiger partial charge is 0.366 e. The number of nitrogens with zero attached hydrogens (tertiary/aromatic N) is 1. The minimum absolute atomic E-state index is 0.242. The molecule has 0 saturated heterocycles. The molecule has 0 unspecified atom stereocenters. The molecule has 1 aliphatic carbocycles. The van der Waals surface area contributed by atoms with Crippen LogP contribution in [-0.2, 0) is 18.6 Å². The zero-order valence-electron chi connectivity index (χ0n) is 13.1. The Hall–Kier alpha value is -2.52. The Labute approximate surface area is 143 Å². The van der Waals surface area contributed by atoms with Crippen LogP contribution in [0, 0.1) is 11.3 Å². The number of nitrogens with one attached hydrogen (secondary N) is 1. The number of hydrogen-bond acceptors (Lipinski definition) is 4. The topological polar surface area (TPSA) is 99.7 Å². The van der Waals surface area contributed by atoms with Gasteiger partial charge in [0.05, 0.1) is 5.03 Å². The molecule has 3 N–H and O–H groups in total. The van der Waals surface area contributed by atoms with E-state index >= 15 is 0 Å². The van der Waals surface area contributed by atoms with Crippen LogP contribution in [-0.4, -0.2) is 10.9 Å². The van der Waals surface area contributed by atoms with Gasteiger partial charge in [0.15, 0.2) is 0 Å². The number of nitriles is 1. The van der Waals surface area contributed by atoms with Crippen molar-refractivity contribution in [3.63, 3.8) is 0 Å². The fourth-order valence-corrected chi connectivity index (χ4v) is 4.20. The van der Waals surface area contributed by atoms with E-state index in [1.807, 2.05) is 18.2 Å². The molecule has 5 nitrogen and oxygen atoms in total. The molecule has 3 rings (SSSR count). The highest BCUT2D eigenvalue weighted by molar-refractivity contribution is 7.98. The molecule has 1 aliphatic rings. The highest BCUT2D eigenvalue weighted by Crippen LogP contribution is 2.32. The van der Waals surface area contributed by atoms with Crippen LogP contribution in [0.4, 0.5) is 0 Å². The number of pyridine rings is 1. The smallest absolute Gasteiger partial charge is 0.267 e. The molecule has 1 heterocycles. The van der Waals surface area contributed by atoms with E-state index in [9.17, 15) is 14.9 Å². The minimum atomic E-state index is -0.457. The van der Waals surface area contributed by atoms with Gasteiger partial charge in [-0.3, -0.25) is 9.59 Å². The molecule has 0 fully saturated rings. The van der Waals surface area contributed by atoms with Crippen LogP contribution < -0.4 is 11.3 Å². The Bertz CT molecular complexity index is 896. The van der Waals surface area contributed by atoms with Crippen molar-refractivity contribution in [3.05, 3.63) is 62.4 Å². The highest BCUT2D eigenvalue weighted by atomic mass is 32.2. The van der Waals surface area contributed by atoms with Gasteiger partial charge in [-0.2, -0.15) is 5.26 Å². The predicted molar refractivity (Wildman–Crippen MR) is 92.9 cm³/mol. The van der Waals surface area contributed by atoms with Crippen molar-refractivity contribution in [2.75, 3.05) is 0 Å². The van der Waals surface area contributed by atoms with Crippen LogP contribution in [0.5, 0.6) is 0 Å². The predicted octanol–water partition coefficient (Wildman–Crippen LogP) is 2.52. The molecule has 122 valence electrons. The van der Waals surface area contributed by atoms with E-state index in [0.29, 0.717) is 11.3 Å². The van der Waals surface area contributed by atoms with Gasteiger partial charge in [0.2, 0.25) is 5.91 Å². The van der Waals surface area contributed by atoms with Gasteiger partial charge < -0.3 is 10.7 Å². The van der Waals surface area contributed by atoms with Crippen LogP contribution in [0.25, 0.3) is 0 Å². The van der Waals surface area contributed by atoms with Gasteiger partial charge in [0.25, 0.3) is 5.56 Å². The van der Waals surface area contributed by atoms with Crippen LogP contribution in [0.15, 0.2) is 34.1 Å². The lowest BCUT2D eigenvalue weighted by molar-refractivity contribution is 0.0999. The van der Waals surface area contributed by atoms with Crippen LogP contribution in [0.1, 0.15) is 45.5 Å². The average Bonchev–Trinajstić information content (AvgIpc) is 2.60. The van der Waals surface area contributed by atoms with Crippen molar-refractivity contribution < 1.29 is 4.79 Å². The first kappa shape index (κ1) is 16.3. The number of carbonyl (C=O) groups excluding carboxylic acids is 1. The zero-order valence-corrected chi connectivity index (χ0v) is 13.9. The number of fused-ring (bicyclic) bond motifs is 1. The Balaban J connectivity index is 1.95. The first-order valence-corrected chi connectivity index (χ1v) is 8.79. The van der Waals surface area contributed by atoms with Gasteiger partial charge in [0.1, 0.15) is 11.6 Å². The van der Waals surface area contributed by atoms with Crippen LogP contribution in [0.2, 0.25) is 0 Å². The number of primary amides is 1. The maximum Gasteiger partial charge on any atom is 0.267 e. The number of nitrogens with two attached hydrogens (primary N) is 1. The third kappa shape index (κ3) is 3.08. The van der Waals surface area contributed by atoms with E-state index in [4.69, 9.17) is 5.73 Å². The lowest BCUT2D eigenvalue weighted by Crippen LogP contribution is -2.20. The Morgan fingerprint density at radius 1 is 1.25 bits per heavy atom. The number of rotatable bonds is 4. The maximum atomic E-state index is 12.2. The summed E-state index contributed by atoms with van der Waals surface area (Å²) >= 11 is 1.48. The van der Waals surface area contributed by atoms with Crippen molar-refractivity contribution in [2.24, 2.45) is 5.73 Å². The van der Waals surface area contributed by atoms with Gasteiger partial charge in [0, 0.05) is 11.3 Å². The molecule has 1 aromatic heterocycles. The van der Waals surface area contributed by atoms with Gasteiger partial charge in [-0.1, -0.05) is 18.2 Å². The number of aromatic amines is 1. The van der Waals surface area contributed by atoms with E-state index in [-0.39, 0.29) is 11.1 Å². The van der Waals surface area contributed by atoms with E-state index in [0.717, 1.165) is 47.4 Å². The van der Waals surface area contributed by atoms with E-state index in [1.165, 1.54) is 11.8 Å². The van der Waals surface area contributed by atoms with Gasteiger partial charge in [-0.05, 0) is 48.4 Å². The second-order valence-electron chi connectivity index (χ2n) is 5.74. The Morgan fingerprint density at radius 2 is 1.96 bits per heavy atom. The number of thioether (sulfide) groups is 1. The van der Waals surface area contributed by atoms with Crippen molar-refractivity contribution in [2.45, 2.75) is 36.5 Å². The highest BCUT2D eigenvalue weighted by Gasteiger charge is 2.21. The summed E-state index contributed by atoms with van der Waals surface area (Å²) in [5.41, 5.74) is 8.62. The van der Waals surface area contributed by atoms with Gasteiger partial charge in [-0.25, -0.2) is 0 Å². The number of carbonyl (C=O) groups is 1. The van der Waals surface area contributed by atoms with Gasteiger partial charge >= 0.3 is 0 Å². The summed E-state index contributed by atoms with van der Waals surface area (Å²) in [7, 11) is 0. The molecule has 1 aromatic carbocycles. The maximum absolute atomic E-state index is 12.2. The van der Waals surface area contributed by atoms with Crippen molar-refractivity contribution in [3.8, 4) is 6.07 Å². The third-order valence-corrected chi connectivity index (χ3v) is 5.36. The summed E-state index contributed by atoms with van der Waals surface area (Å²) in [6.07, 6.45) is 3.68. The third-order valence-electron chi connectivity index (χ3n) is 4.26. The lowest BCUT2D eigenvalue weighted by atomic mass is 9.90. The lowest BCUT2D eigenvalue weighted by Gasteiger charge is -2.19. The van der Waals surface area contributed by atoms with Crippen molar-refractivity contribution >= 4 is 17.7 Å². The molecule has 0 saturated carbocycles. The van der Waals surface area contributed by atoms with Crippen LogP contribution >= 0.6 is 11.8 Å². The summed E-state index contributed by atoms with van der Waals surface area (Å²) < 4.78 is 0. The molecule has 0 spiro atoms. The molecule has 0 bridgehead atoms. The first-order valence-electron chi connectivity index (χ1n) is 7.80. The van der Waals surface area contributed by atoms with Gasteiger partial charge in [-0.15, -0.1) is 11.8 Å². The average molecular weight is 339 g/mol. The second kappa shape index (κ2) is 6.93. The fourth-order valence-electron chi connectivity index (χ4n) is 3.09. The van der Waals surface area contributed by atoms with E-state index in [1.54, 1.807) is 12.1 Å². The monoisotopic (exact) mass is 339 g/mol. The summed E-state index contributed by atoms with van der Waals surface area (Å²) in [6, 6.07) is 9.24. The SMILES string of the molecule is N#Cc1c2c(c(SCc3ccccc3C(N)=O)[nH]c1=O)CCCC2. The quantitative estimate of drug-likeness (QED) is 0.836. The number of hydrogen-bond donors (Lipinski definition) is 2. The Kier molecular flexibility index (Phi) is 4.72. The molecule has 2 aromatic rings. The van der Waals surface area contributed by atoms with Crippen molar-refractivity contribution in [1.82, 2.24) is 4.98 Å². The molecule has 0 radical (unpaired) electrons. The molecule has 6 heteroatoms. The minimum Gasteiger partial charge on any atom is -0.366 e.